The number of hydrogen-bond donors (Lipinski definition) is 1. The van der Waals surface area contributed by atoms with Crippen molar-refractivity contribution in [3.8, 4) is 0 Å². The van der Waals surface area contributed by atoms with Crippen LogP contribution in [0.25, 0.3) is 0 Å². The first-order chi connectivity index (χ1) is 11.8. The number of rotatable bonds is 5. The van der Waals surface area contributed by atoms with Crippen LogP contribution in [0, 0.1) is 0 Å². The molecule has 0 saturated heterocycles. The molecule has 0 aliphatic carbocycles. The molecule has 0 spiro atoms. The molecular formula is C19H21F3N2S. The summed E-state index contributed by atoms with van der Waals surface area (Å²) in [6.45, 7) is 6.05. The molecule has 0 amide bonds. The van der Waals surface area contributed by atoms with Gasteiger partial charge in [0.05, 0.1) is 5.56 Å². The fourth-order valence-corrected chi connectivity index (χ4v) is 3.93. The number of fused-ring (bicyclic) bond motifs is 1. The minimum Gasteiger partial charge on any atom is -0.365 e. The van der Waals surface area contributed by atoms with Gasteiger partial charge >= 0.3 is 6.18 Å². The second-order valence-corrected chi connectivity index (χ2v) is 7.75. The topological polar surface area (TPSA) is 15.3 Å². The minimum atomic E-state index is -4.29. The van der Waals surface area contributed by atoms with Gasteiger partial charge in [-0.15, -0.1) is 0 Å². The summed E-state index contributed by atoms with van der Waals surface area (Å²) in [7, 11) is 0. The summed E-state index contributed by atoms with van der Waals surface area (Å²) >= 11 is 1.36. The molecule has 0 radical (unpaired) electrons. The molecule has 0 atom stereocenters. The van der Waals surface area contributed by atoms with Gasteiger partial charge in [-0.25, -0.2) is 0 Å². The van der Waals surface area contributed by atoms with Gasteiger partial charge in [0.2, 0.25) is 0 Å². The van der Waals surface area contributed by atoms with Crippen LogP contribution in [-0.2, 0) is 12.6 Å². The molecule has 0 bridgehead atoms. The Bertz CT molecular complexity index is 726. The number of para-hydroxylation sites is 1. The van der Waals surface area contributed by atoms with Crippen molar-refractivity contribution in [1.82, 2.24) is 4.72 Å². The van der Waals surface area contributed by atoms with Crippen molar-refractivity contribution in [3.05, 3.63) is 59.7 Å². The van der Waals surface area contributed by atoms with Crippen molar-refractivity contribution in [2.45, 2.75) is 36.9 Å². The first kappa shape index (κ1) is 18.1. The highest BCUT2D eigenvalue weighted by atomic mass is 32.2. The number of anilines is 1. The Kier molecular flexibility index (Phi) is 5.02. The fourth-order valence-electron chi connectivity index (χ4n) is 3.07. The Hall–Kier alpha value is -1.66. The van der Waals surface area contributed by atoms with Gasteiger partial charge in [-0.2, -0.15) is 13.2 Å². The molecule has 1 heterocycles. The normalized spacial score (nSPS) is 14.7. The molecule has 1 aliphatic rings. The van der Waals surface area contributed by atoms with Gasteiger partial charge in [0.25, 0.3) is 0 Å². The summed E-state index contributed by atoms with van der Waals surface area (Å²) in [6.07, 6.45) is -3.24. The summed E-state index contributed by atoms with van der Waals surface area (Å²) < 4.78 is 41.1. The van der Waals surface area contributed by atoms with Gasteiger partial charge in [0, 0.05) is 29.2 Å². The molecule has 0 aromatic heterocycles. The van der Waals surface area contributed by atoms with Gasteiger partial charge < -0.3 is 4.90 Å². The van der Waals surface area contributed by atoms with Crippen LogP contribution in [-0.4, -0.2) is 18.6 Å². The lowest BCUT2D eigenvalue weighted by atomic mass is 10.0. The van der Waals surface area contributed by atoms with Crippen LogP contribution < -0.4 is 9.62 Å². The van der Waals surface area contributed by atoms with Crippen molar-refractivity contribution >= 4 is 17.6 Å². The molecule has 0 unspecified atom stereocenters. The number of benzene rings is 2. The van der Waals surface area contributed by atoms with E-state index in [1.54, 1.807) is 0 Å². The Morgan fingerprint density at radius 2 is 1.72 bits per heavy atom. The third-order valence-electron chi connectivity index (χ3n) is 4.49. The maximum Gasteiger partial charge on any atom is 0.416 e. The Labute approximate surface area is 150 Å². The number of halogens is 3. The van der Waals surface area contributed by atoms with Crippen LogP contribution >= 0.6 is 11.9 Å². The molecule has 6 heteroatoms. The third-order valence-corrected chi connectivity index (χ3v) is 5.29. The Balaban J connectivity index is 1.58. The zero-order valence-corrected chi connectivity index (χ0v) is 15.0. The largest absolute Gasteiger partial charge is 0.416 e. The third kappa shape index (κ3) is 4.12. The van der Waals surface area contributed by atoms with Crippen LogP contribution in [0.4, 0.5) is 18.9 Å². The van der Waals surface area contributed by atoms with Crippen molar-refractivity contribution in [1.29, 1.82) is 0 Å². The standard InChI is InChI=1S/C19H21F3N2S/c1-18(2,24-12-11-14-5-3-4-6-17(14)24)13-23-25-16-9-7-15(8-10-16)19(20,21)22/h3-10,23H,11-13H2,1-2H3. The fraction of sp³-hybridized carbons (Fsp3) is 0.368. The molecule has 0 saturated carbocycles. The van der Waals surface area contributed by atoms with E-state index in [2.05, 4.69) is 47.7 Å². The first-order valence-corrected chi connectivity index (χ1v) is 9.01. The average Bonchev–Trinajstić information content (AvgIpc) is 2.99. The molecule has 2 nitrogen and oxygen atoms in total. The predicted octanol–water partition coefficient (Wildman–Crippen LogP) is 5.14. The molecule has 3 rings (SSSR count). The van der Waals surface area contributed by atoms with Crippen LogP contribution in [0.2, 0.25) is 0 Å². The lowest BCUT2D eigenvalue weighted by Crippen LogP contribution is -2.49. The number of alkyl halides is 3. The lowest BCUT2D eigenvalue weighted by molar-refractivity contribution is -0.137. The average molecular weight is 366 g/mol. The molecule has 0 fully saturated rings. The second-order valence-electron chi connectivity index (χ2n) is 6.79. The van der Waals surface area contributed by atoms with Gasteiger partial charge in [-0.05, 0) is 68.1 Å². The molecule has 2 aromatic rings. The van der Waals surface area contributed by atoms with Crippen LogP contribution in [0.3, 0.4) is 0 Å². The number of hydrogen-bond acceptors (Lipinski definition) is 3. The van der Waals surface area contributed by atoms with Crippen LogP contribution in [0.1, 0.15) is 25.0 Å². The van der Waals surface area contributed by atoms with E-state index in [1.807, 2.05) is 0 Å². The van der Waals surface area contributed by atoms with Gasteiger partial charge in [-0.3, -0.25) is 4.72 Å². The van der Waals surface area contributed by atoms with E-state index in [4.69, 9.17) is 0 Å². The molecule has 134 valence electrons. The van der Waals surface area contributed by atoms with Crippen molar-refractivity contribution in [2.75, 3.05) is 18.0 Å². The summed E-state index contributed by atoms with van der Waals surface area (Å²) in [5, 5.41) is 0. The molecular weight excluding hydrogens is 345 g/mol. The van der Waals surface area contributed by atoms with E-state index in [1.165, 1.54) is 35.3 Å². The van der Waals surface area contributed by atoms with Crippen molar-refractivity contribution in [3.63, 3.8) is 0 Å². The summed E-state index contributed by atoms with van der Waals surface area (Å²) in [5.41, 5.74) is 1.93. The number of nitrogens with one attached hydrogen (secondary N) is 1. The zero-order chi connectivity index (χ0) is 18.1. The lowest BCUT2D eigenvalue weighted by Gasteiger charge is -2.38. The SMILES string of the molecule is CC(C)(CNSc1ccc(C(F)(F)F)cc1)N1CCc2ccccc21. The minimum absolute atomic E-state index is 0.0918. The summed E-state index contributed by atoms with van der Waals surface area (Å²) in [5.74, 6) is 0. The Morgan fingerprint density at radius 1 is 1.04 bits per heavy atom. The highest BCUT2D eigenvalue weighted by molar-refractivity contribution is 7.97. The Morgan fingerprint density at radius 3 is 2.40 bits per heavy atom. The van der Waals surface area contributed by atoms with Gasteiger partial charge in [-0.1, -0.05) is 18.2 Å². The monoisotopic (exact) mass is 366 g/mol. The molecule has 2 aromatic carbocycles. The summed E-state index contributed by atoms with van der Waals surface area (Å²) in [6, 6.07) is 13.7. The van der Waals surface area contributed by atoms with Gasteiger partial charge in [0.1, 0.15) is 0 Å². The second kappa shape index (κ2) is 6.92. The molecule has 1 N–H and O–H groups in total. The maximum absolute atomic E-state index is 12.6. The van der Waals surface area contributed by atoms with E-state index in [0.717, 1.165) is 30.0 Å². The predicted molar refractivity (Wildman–Crippen MR) is 96.9 cm³/mol. The van der Waals surface area contributed by atoms with Crippen LogP contribution in [0.15, 0.2) is 53.4 Å². The van der Waals surface area contributed by atoms with E-state index < -0.39 is 11.7 Å². The molecule has 1 aliphatic heterocycles. The van der Waals surface area contributed by atoms with E-state index >= 15 is 0 Å². The summed E-state index contributed by atoms with van der Waals surface area (Å²) in [4.78, 5) is 3.16. The first-order valence-electron chi connectivity index (χ1n) is 8.20. The number of nitrogens with zero attached hydrogens (tertiary/aromatic N) is 1. The zero-order valence-electron chi connectivity index (χ0n) is 14.2. The highest BCUT2D eigenvalue weighted by Gasteiger charge is 2.32. The van der Waals surface area contributed by atoms with Crippen LogP contribution in [0.5, 0.6) is 0 Å². The molecule has 25 heavy (non-hydrogen) atoms. The van der Waals surface area contributed by atoms with Crippen molar-refractivity contribution in [2.24, 2.45) is 0 Å². The van der Waals surface area contributed by atoms with Crippen molar-refractivity contribution < 1.29 is 13.2 Å². The van der Waals surface area contributed by atoms with E-state index in [9.17, 15) is 13.2 Å². The van der Waals surface area contributed by atoms with Gasteiger partial charge in [0.15, 0.2) is 0 Å². The van der Waals surface area contributed by atoms with E-state index in [-0.39, 0.29) is 5.54 Å². The van der Waals surface area contributed by atoms with E-state index in [0.29, 0.717) is 6.54 Å². The maximum atomic E-state index is 12.6. The highest BCUT2D eigenvalue weighted by Crippen LogP contribution is 2.34. The quantitative estimate of drug-likeness (QED) is 0.738. The smallest absolute Gasteiger partial charge is 0.365 e.